The summed E-state index contributed by atoms with van der Waals surface area (Å²) in [5.41, 5.74) is 1.09. The first-order valence-corrected chi connectivity index (χ1v) is 8.46. The summed E-state index contributed by atoms with van der Waals surface area (Å²) in [5, 5.41) is 14.6. The maximum absolute atomic E-state index is 12.5. The molecule has 0 saturated carbocycles. The molecule has 2 aromatic carbocycles. The van der Waals surface area contributed by atoms with Gasteiger partial charge in [0.2, 0.25) is 0 Å². The summed E-state index contributed by atoms with van der Waals surface area (Å²) in [7, 11) is 3.99. The highest BCUT2D eigenvalue weighted by Gasteiger charge is 2.22. The number of carbonyl (C=O) groups excluding carboxylic acids is 1. The number of anilines is 1. The van der Waals surface area contributed by atoms with Crippen LogP contribution in [-0.2, 0) is 0 Å². The molecule has 0 atom stereocenters. The van der Waals surface area contributed by atoms with E-state index in [0.717, 1.165) is 6.54 Å². The molecule has 0 unspecified atom stereocenters. The Balaban J connectivity index is 2.24. The Morgan fingerprint density at radius 3 is 2.35 bits per heavy atom. The van der Waals surface area contributed by atoms with E-state index in [0.29, 0.717) is 23.4 Å². The predicted octanol–water partition coefficient (Wildman–Crippen LogP) is 3.83. The van der Waals surface area contributed by atoms with Crippen LogP contribution in [0, 0.1) is 15.5 Å². The number of hydrogen-bond acceptors (Lipinski definition) is 5. The quantitative estimate of drug-likeness (QED) is 0.442. The molecule has 26 heavy (non-hydrogen) atoms. The molecule has 1 N–H and O–H groups in total. The van der Waals surface area contributed by atoms with Gasteiger partial charge >= 0.3 is 0 Å². The molecule has 138 valence electrons. The topological polar surface area (TPSA) is 75.5 Å². The van der Waals surface area contributed by atoms with Gasteiger partial charge in [-0.2, -0.15) is 0 Å². The van der Waals surface area contributed by atoms with Gasteiger partial charge in [-0.3, -0.25) is 14.9 Å². The summed E-state index contributed by atoms with van der Waals surface area (Å²) in [5.74, 6) is -0.229. The first-order valence-electron chi connectivity index (χ1n) is 8.46. The Morgan fingerprint density at radius 1 is 1.12 bits per heavy atom. The molecule has 0 spiro atoms. The van der Waals surface area contributed by atoms with E-state index < -0.39 is 4.92 Å². The summed E-state index contributed by atoms with van der Waals surface area (Å²) in [6, 6.07) is 13.3. The van der Waals surface area contributed by atoms with Crippen LogP contribution < -0.4 is 5.32 Å². The van der Waals surface area contributed by atoms with Crippen molar-refractivity contribution >= 4 is 17.2 Å². The van der Waals surface area contributed by atoms with E-state index in [1.54, 1.807) is 36.4 Å². The molecule has 0 aliphatic rings. The number of nitro benzene ring substituents is 1. The van der Waals surface area contributed by atoms with Crippen LogP contribution in [0.1, 0.15) is 29.8 Å². The maximum atomic E-state index is 12.5. The normalized spacial score (nSPS) is 11.4. The third-order valence-electron chi connectivity index (χ3n) is 3.99. The van der Waals surface area contributed by atoms with Crippen molar-refractivity contribution in [3.8, 4) is 0 Å². The highest BCUT2D eigenvalue weighted by Crippen LogP contribution is 2.28. The fraction of sp³-hybridized carbons (Fsp3) is 0.350. The van der Waals surface area contributed by atoms with Gasteiger partial charge in [0, 0.05) is 30.3 Å². The van der Waals surface area contributed by atoms with Crippen molar-refractivity contribution in [3.63, 3.8) is 0 Å². The molecule has 0 aliphatic heterocycles. The zero-order valence-electron chi connectivity index (χ0n) is 15.7. The van der Waals surface area contributed by atoms with Gasteiger partial charge in [0.1, 0.15) is 5.69 Å². The summed E-state index contributed by atoms with van der Waals surface area (Å²) in [6.45, 7) is 5.62. The Bertz CT molecular complexity index is 786. The molecule has 2 aromatic rings. The van der Waals surface area contributed by atoms with E-state index in [1.807, 2.05) is 20.2 Å². The van der Waals surface area contributed by atoms with E-state index >= 15 is 0 Å². The number of hydrogen-bond donors (Lipinski definition) is 1. The molecule has 0 heterocycles. The molecule has 6 nitrogen and oxygen atoms in total. The second-order valence-electron chi connectivity index (χ2n) is 7.44. The van der Waals surface area contributed by atoms with Crippen LogP contribution in [0.15, 0.2) is 48.5 Å². The lowest BCUT2D eigenvalue weighted by Gasteiger charge is -2.28. The largest absolute Gasteiger partial charge is 0.379 e. The van der Waals surface area contributed by atoms with E-state index in [2.05, 4.69) is 24.1 Å². The first kappa shape index (κ1) is 19.6. The summed E-state index contributed by atoms with van der Waals surface area (Å²) in [4.78, 5) is 25.6. The second-order valence-corrected chi connectivity index (χ2v) is 7.44. The van der Waals surface area contributed by atoms with Crippen molar-refractivity contribution in [2.75, 3.05) is 32.5 Å². The smallest absolute Gasteiger partial charge is 0.293 e. The van der Waals surface area contributed by atoms with Crippen molar-refractivity contribution in [1.82, 2.24) is 4.90 Å². The molecule has 0 amide bonds. The third-order valence-corrected chi connectivity index (χ3v) is 3.99. The average molecular weight is 355 g/mol. The third kappa shape index (κ3) is 5.13. The number of nitro groups is 1. The maximum Gasteiger partial charge on any atom is 0.293 e. The molecule has 0 saturated heterocycles. The Morgan fingerprint density at radius 2 is 1.77 bits per heavy atom. The van der Waals surface area contributed by atoms with Gasteiger partial charge in [-0.25, -0.2) is 0 Å². The SMILES string of the molecule is CN(C)CC(C)(C)CNc1ccc(C(=O)c2ccccc2)cc1[N+](=O)[O-]. The molecular weight excluding hydrogens is 330 g/mol. The molecule has 0 fully saturated rings. The fourth-order valence-corrected chi connectivity index (χ4v) is 2.98. The van der Waals surface area contributed by atoms with Gasteiger partial charge in [-0.1, -0.05) is 44.2 Å². The molecule has 6 heteroatoms. The number of rotatable bonds is 8. The van der Waals surface area contributed by atoms with E-state index in [9.17, 15) is 14.9 Å². The minimum atomic E-state index is -0.455. The van der Waals surface area contributed by atoms with Gasteiger partial charge in [0.05, 0.1) is 4.92 Å². The number of carbonyl (C=O) groups is 1. The monoisotopic (exact) mass is 355 g/mol. The van der Waals surface area contributed by atoms with Crippen LogP contribution in [-0.4, -0.2) is 42.8 Å². The van der Waals surface area contributed by atoms with Crippen molar-refractivity contribution < 1.29 is 9.72 Å². The minimum Gasteiger partial charge on any atom is -0.379 e. The number of ketones is 1. The summed E-state index contributed by atoms with van der Waals surface area (Å²) >= 11 is 0. The molecular formula is C20H25N3O3. The zero-order valence-corrected chi connectivity index (χ0v) is 15.7. The number of nitrogens with zero attached hydrogens (tertiary/aromatic N) is 2. The summed E-state index contributed by atoms with van der Waals surface area (Å²) < 4.78 is 0. The van der Waals surface area contributed by atoms with Crippen molar-refractivity contribution in [1.29, 1.82) is 0 Å². The lowest BCUT2D eigenvalue weighted by Crippen LogP contribution is -2.34. The van der Waals surface area contributed by atoms with Crippen LogP contribution in [0.5, 0.6) is 0 Å². The van der Waals surface area contributed by atoms with Gasteiger partial charge in [-0.15, -0.1) is 0 Å². The van der Waals surface area contributed by atoms with Crippen LogP contribution >= 0.6 is 0 Å². The molecule has 2 rings (SSSR count). The van der Waals surface area contributed by atoms with E-state index in [4.69, 9.17) is 0 Å². The Labute approximate surface area is 154 Å². The van der Waals surface area contributed by atoms with Crippen LogP contribution in [0.3, 0.4) is 0 Å². The highest BCUT2D eigenvalue weighted by molar-refractivity contribution is 6.09. The van der Waals surface area contributed by atoms with Gasteiger partial charge in [-0.05, 0) is 31.6 Å². The standard InChI is InChI=1S/C20H25N3O3/c1-20(2,14-22(3)4)13-21-17-11-10-16(12-18(17)23(25)26)19(24)15-8-6-5-7-9-15/h5-12,21H,13-14H2,1-4H3. The van der Waals surface area contributed by atoms with Crippen molar-refractivity contribution in [2.24, 2.45) is 5.41 Å². The Kier molecular flexibility index (Phi) is 6.10. The molecule has 0 aromatic heterocycles. The van der Waals surface area contributed by atoms with Crippen LogP contribution in [0.25, 0.3) is 0 Å². The van der Waals surface area contributed by atoms with Crippen LogP contribution in [0.2, 0.25) is 0 Å². The van der Waals surface area contributed by atoms with E-state index in [1.165, 1.54) is 6.07 Å². The summed E-state index contributed by atoms with van der Waals surface area (Å²) in [6.07, 6.45) is 0. The average Bonchev–Trinajstić information content (AvgIpc) is 2.59. The van der Waals surface area contributed by atoms with Crippen molar-refractivity contribution in [3.05, 3.63) is 69.8 Å². The number of benzene rings is 2. The highest BCUT2D eigenvalue weighted by atomic mass is 16.6. The van der Waals surface area contributed by atoms with Gasteiger partial charge in [0.15, 0.2) is 5.78 Å². The lowest BCUT2D eigenvalue weighted by molar-refractivity contribution is -0.384. The van der Waals surface area contributed by atoms with Gasteiger partial charge < -0.3 is 10.2 Å². The minimum absolute atomic E-state index is 0.0596. The second kappa shape index (κ2) is 8.10. The van der Waals surface area contributed by atoms with E-state index in [-0.39, 0.29) is 16.9 Å². The molecule has 0 radical (unpaired) electrons. The fourth-order valence-electron chi connectivity index (χ4n) is 2.98. The van der Waals surface area contributed by atoms with Gasteiger partial charge in [0.25, 0.3) is 5.69 Å². The predicted molar refractivity (Wildman–Crippen MR) is 104 cm³/mol. The first-order chi connectivity index (χ1) is 12.2. The molecule has 0 bridgehead atoms. The molecule has 0 aliphatic carbocycles. The van der Waals surface area contributed by atoms with Crippen LogP contribution in [0.4, 0.5) is 11.4 Å². The van der Waals surface area contributed by atoms with Crippen molar-refractivity contribution in [2.45, 2.75) is 13.8 Å². The Hall–Kier alpha value is -2.73. The zero-order chi connectivity index (χ0) is 19.3. The lowest BCUT2D eigenvalue weighted by atomic mass is 9.92. The number of nitrogens with one attached hydrogen (secondary N) is 1.